The number of carbonyl (C=O) groups is 1. The second-order valence-corrected chi connectivity index (χ2v) is 4.80. The molecule has 1 amide bonds. The maximum atomic E-state index is 11.3. The molecule has 0 spiro atoms. The summed E-state index contributed by atoms with van der Waals surface area (Å²) in [5.41, 5.74) is 8.13. The van der Waals surface area contributed by atoms with Crippen molar-refractivity contribution in [3.63, 3.8) is 0 Å². The van der Waals surface area contributed by atoms with Gasteiger partial charge >= 0.3 is 0 Å². The quantitative estimate of drug-likeness (QED) is 0.698. The van der Waals surface area contributed by atoms with Crippen LogP contribution in [0.1, 0.15) is 12.8 Å². The number of nitrogens with one attached hydrogen (secondary N) is 2. The Morgan fingerprint density at radius 1 is 1.32 bits per heavy atom. The summed E-state index contributed by atoms with van der Waals surface area (Å²) in [6.45, 7) is 1.57. The van der Waals surface area contributed by atoms with Gasteiger partial charge in [-0.15, -0.1) is 0 Å². The summed E-state index contributed by atoms with van der Waals surface area (Å²) in [6.07, 6.45) is 1.92. The zero-order chi connectivity index (χ0) is 13.2. The minimum absolute atomic E-state index is 0.0409. The summed E-state index contributed by atoms with van der Waals surface area (Å²) in [6, 6.07) is 3.93. The van der Waals surface area contributed by atoms with Gasteiger partial charge in [-0.3, -0.25) is 4.79 Å². The molecule has 1 fully saturated rings. The summed E-state index contributed by atoms with van der Waals surface area (Å²) in [5.74, 6) is 0.476. The number of carbonyl (C=O) groups excluding carboxylic acids is 1. The smallest absolute Gasteiger partial charge is 0.262 e. The third-order valence-corrected chi connectivity index (χ3v) is 3.37. The molecular formula is C13H17N3O3. The van der Waals surface area contributed by atoms with E-state index in [0.717, 1.165) is 31.7 Å². The first-order valence-corrected chi connectivity index (χ1v) is 6.43. The van der Waals surface area contributed by atoms with Crippen LogP contribution in [0.2, 0.25) is 0 Å². The fraction of sp³-hybridized carbons (Fsp3) is 0.462. The third-order valence-electron chi connectivity index (χ3n) is 3.37. The van der Waals surface area contributed by atoms with Gasteiger partial charge in [-0.2, -0.15) is 0 Å². The molecule has 1 aromatic carbocycles. The highest BCUT2D eigenvalue weighted by atomic mass is 16.5. The summed E-state index contributed by atoms with van der Waals surface area (Å²) in [5, 5.41) is 6.18. The largest absolute Gasteiger partial charge is 0.482 e. The number of hydrogen-bond acceptors (Lipinski definition) is 5. The van der Waals surface area contributed by atoms with Crippen LogP contribution in [0, 0.1) is 0 Å². The van der Waals surface area contributed by atoms with Gasteiger partial charge in [-0.05, 0) is 18.9 Å². The van der Waals surface area contributed by atoms with Crippen molar-refractivity contribution in [2.45, 2.75) is 18.9 Å². The molecule has 0 aromatic heterocycles. The molecule has 2 aliphatic rings. The van der Waals surface area contributed by atoms with Crippen molar-refractivity contribution in [2.75, 3.05) is 36.2 Å². The van der Waals surface area contributed by atoms with Gasteiger partial charge in [0.2, 0.25) is 0 Å². The number of hydrogen-bond donors (Lipinski definition) is 3. The topological polar surface area (TPSA) is 85.6 Å². The van der Waals surface area contributed by atoms with E-state index in [1.807, 2.05) is 6.07 Å². The highest BCUT2D eigenvalue weighted by molar-refractivity contribution is 5.97. The lowest BCUT2D eigenvalue weighted by Gasteiger charge is -2.26. The highest BCUT2D eigenvalue weighted by Crippen LogP contribution is 2.35. The van der Waals surface area contributed by atoms with Crippen LogP contribution in [0.15, 0.2) is 12.1 Å². The number of benzene rings is 1. The van der Waals surface area contributed by atoms with Crippen LogP contribution >= 0.6 is 0 Å². The molecule has 0 radical (unpaired) electrons. The average Bonchev–Trinajstić information content (AvgIpc) is 2.41. The fourth-order valence-corrected chi connectivity index (χ4v) is 2.33. The van der Waals surface area contributed by atoms with Crippen LogP contribution in [-0.2, 0) is 9.53 Å². The minimum Gasteiger partial charge on any atom is -0.482 e. The van der Waals surface area contributed by atoms with E-state index >= 15 is 0 Å². The van der Waals surface area contributed by atoms with Gasteiger partial charge in [0.1, 0.15) is 5.75 Å². The normalized spacial score (nSPS) is 19.3. The number of nitrogens with two attached hydrogens (primary N) is 1. The number of anilines is 3. The van der Waals surface area contributed by atoms with E-state index in [0.29, 0.717) is 23.2 Å². The number of fused-ring (bicyclic) bond motifs is 1. The molecule has 6 heteroatoms. The number of rotatable bonds is 2. The predicted molar refractivity (Wildman–Crippen MR) is 72.4 cm³/mol. The van der Waals surface area contributed by atoms with Crippen molar-refractivity contribution < 1.29 is 14.3 Å². The lowest BCUT2D eigenvalue weighted by Crippen LogP contribution is -2.29. The zero-order valence-electron chi connectivity index (χ0n) is 10.6. The molecule has 0 aliphatic carbocycles. The predicted octanol–water partition coefficient (Wildman–Crippen LogP) is 1.19. The van der Waals surface area contributed by atoms with E-state index in [2.05, 4.69) is 10.6 Å². The van der Waals surface area contributed by atoms with Gasteiger partial charge in [0.15, 0.2) is 6.61 Å². The molecule has 0 bridgehead atoms. The first-order valence-electron chi connectivity index (χ1n) is 6.43. The Kier molecular flexibility index (Phi) is 3.16. The van der Waals surface area contributed by atoms with Crippen molar-refractivity contribution in [2.24, 2.45) is 0 Å². The second-order valence-electron chi connectivity index (χ2n) is 4.80. The summed E-state index contributed by atoms with van der Waals surface area (Å²) in [4.78, 5) is 11.3. The summed E-state index contributed by atoms with van der Waals surface area (Å²) >= 11 is 0. The summed E-state index contributed by atoms with van der Waals surface area (Å²) < 4.78 is 10.6. The monoisotopic (exact) mass is 263 g/mol. The number of nitrogen functional groups attached to an aromatic ring is 1. The average molecular weight is 263 g/mol. The van der Waals surface area contributed by atoms with Crippen LogP contribution in [0.5, 0.6) is 5.75 Å². The Morgan fingerprint density at radius 3 is 2.89 bits per heavy atom. The molecule has 1 saturated heterocycles. The maximum absolute atomic E-state index is 11.3. The van der Waals surface area contributed by atoms with E-state index in [4.69, 9.17) is 15.2 Å². The van der Waals surface area contributed by atoms with Gasteiger partial charge in [0, 0.05) is 25.3 Å². The van der Waals surface area contributed by atoms with Gasteiger partial charge in [0.05, 0.1) is 17.1 Å². The molecule has 4 N–H and O–H groups in total. The Labute approximate surface area is 111 Å². The number of ether oxygens (including phenoxy) is 2. The van der Waals surface area contributed by atoms with Crippen LogP contribution in [0.4, 0.5) is 17.1 Å². The van der Waals surface area contributed by atoms with Crippen LogP contribution in [0.3, 0.4) is 0 Å². The lowest BCUT2D eigenvalue weighted by molar-refractivity contribution is -0.118. The maximum Gasteiger partial charge on any atom is 0.262 e. The SMILES string of the molecule is Nc1cc2c(cc1NC1CCOCC1)NC(=O)CO2. The molecule has 1 aromatic rings. The Morgan fingerprint density at radius 2 is 2.11 bits per heavy atom. The molecule has 102 valence electrons. The van der Waals surface area contributed by atoms with Crippen molar-refractivity contribution in [1.82, 2.24) is 0 Å². The molecule has 2 heterocycles. The fourth-order valence-electron chi connectivity index (χ4n) is 2.33. The summed E-state index contributed by atoms with van der Waals surface area (Å²) in [7, 11) is 0. The van der Waals surface area contributed by atoms with Crippen molar-refractivity contribution in [3.8, 4) is 5.75 Å². The van der Waals surface area contributed by atoms with E-state index in [9.17, 15) is 4.79 Å². The van der Waals surface area contributed by atoms with Gasteiger partial charge in [-0.25, -0.2) is 0 Å². The molecule has 19 heavy (non-hydrogen) atoms. The van der Waals surface area contributed by atoms with Gasteiger partial charge < -0.3 is 25.8 Å². The Balaban J connectivity index is 1.80. The minimum atomic E-state index is -0.144. The zero-order valence-corrected chi connectivity index (χ0v) is 10.6. The van der Waals surface area contributed by atoms with Gasteiger partial charge in [0.25, 0.3) is 5.91 Å². The van der Waals surface area contributed by atoms with E-state index in [1.165, 1.54) is 0 Å². The molecule has 0 unspecified atom stereocenters. The lowest BCUT2D eigenvalue weighted by atomic mass is 10.1. The van der Waals surface area contributed by atoms with Crippen molar-refractivity contribution >= 4 is 23.0 Å². The molecule has 2 aliphatic heterocycles. The number of amides is 1. The van der Waals surface area contributed by atoms with Crippen molar-refractivity contribution in [3.05, 3.63) is 12.1 Å². The third kappa shape index (κ3) is 2.58. The van der Waals surface area contributed by atoms with Crippen LogP contribution < -0.4 is 21.1 Å². The standard InChI is InChI=1S/C13H17N3O3/c14-9-5-12-11(16-13(17)7-19-12)6-10(9)15-8-1-3-18-4-2-8/h5-6,8,15H,1-4,7,14H2,(H,16,17). The van der Waals surface area contributed by atoms with Crippen LogP contribution in [-0.4, -0.2) is 31.8 Å². The van der Waals surface area contributed by atoms with Gasteiger partial charge in [-0.1, -0.05) is 0 Å². The van der Waals surface area contributed by atoms with Crippen LogP contribution in [0.25, 0.3) is 0 Å². The Hall–Kier alpha value is -1.95. The molecule has 0 atom stereocenters. The molecule has 3 rings (SSSR count). The van der Waals surface area contributed by atoms with E-state index in [1.54, 1.807) is 6.07 Å². The second kappa shape index (κ2) is 4.97. The highest BCUT2D eigenvalue weighted by Gasteiger charge is 2.20. The van der Waals surface area contributed by atoms with Crippen molar-refractivity contribution in [1.29, 1.82) is 0 Å². The first kappa shape index (κ1) is 12.1. The molecule has 0 saturated carbocycles. The van der Waals surface area contributed by atoms with E-state index in [-0.39, 0.29) is 12.5 Å². The molecular weight excluding hydrogens is 246 g/mol. The van der Waals surface area contributed by atoms with E-state index < -0.39 is 0 Å². The molecule has 6 nitrogen and oxygen atoms in total. The first-order chi connectivity index (χ1) is 9.22. The Bertz CT molecular complexity index is 498.